The van der Waals surface area contributed by atoms with Crippen LogP contribution >= 0.6 is 11.3 Å². The molecule has 1 saturated heterocycles. The van der Waals surface area contributed by atoms with Gasteiger partial charge in [-0.2, -0.15) is 9.40 Å². The van der Waals surface area contributed by atoms with Gasteiger partial charge in [0.1, 0.15) is 4.21 Å². The summed E-state index contributed by atoms with van der Waals surface area (Å²) in [5.74, 6) is 0.246. The van der Waals surface area contributed by atoms with Crippen molar-refractivity contribution in [2.75, 3.05) is 19.6 Å². The summed E-state index contributed by atoms with van der Waals surface area (Å²) in [4.78, 5) is 15.3. The molecule has 4 heterocycles. The maximum absolute atomic E-state index is 12.7. The number of aromatic amines is 1. The Bertz CT molecular complexity index is 912. The van der Waals surface area contributed by atoms with E-state index in [4.69, 9.17) is 0 Å². The first kappa shape index (κ1) is 17.7. The van der Waals surface area contributed by atoms with Crippen LogP contribution < -0.4 is 0 Å². The molecular formula is C17H22N4O3S2. The zero-order valence-electron chi connectivity index (χ0n) is 14.6. The van der Waals surface area contributed by atoms with Crippen molar-refractivity contribution in [1.29, 1.82) is 0 Å². The summed E-state index contributed by atoms with van der Waals surface area (Å²) < 4.78 is 27.1. The first-order valence-corrected chi connectivity index (χ1v) is 11.1. The van der Waals surface area contributed by atoms with Gasteiger partial charge in [-0.05, 0) is 25.0 Å². The molecule has 0 bridgehead atoms. The molecule has 0 aliphatic carbocycles. The van der Waals surface area contributed by atoms with E-state index in [1.807, 2.05) is 4.90 Å². The highest BCUT2D eigenvalue weighted by Crippen LogP contribution is 2.29. The van der Waals surface area contributed by atoms with E-state index in [1.54, 1.807) is 18.3 Å². The minimum Gasteiger partial charge on any atom is -0.337 e. The third kappa shape index (κ3) is 3.19. The fraction of sp³-hybridized carbons (Fsp3) is 0.529. The number of hydrogen-bond donors (Lipinski definition) is 1. The minimum atomic E-state index is -3.41. The van der Waals surface area contributed by atoms with E-state index < -0.39 is 10.0 Å². The van der Waals surface area contributed by atoms with E-state index in [1.165, 1.54) is 15.6 Å². The third-order valence-corrected chi connectivity index (χ3v) is 8.53. The van der Waals surface area contributed by atoms with Crippen molar-refractivity contribution in [3.8, 4) is 0 Å². The van der Waals surface area contributed by atoms with Crippen molar-refractivity contribution < 1.29 is 13.2 Å². The lowest BCUT2D eigenvalue weighted by atomic mass is 9.98. The number of amides is 1. The second kappa shape index (κ2) is 6.79. The second-order valence-electron chi connectivity index (χ2n) is 6.99. The highest BCUT2D eigenvalue weighted by Gasteiger charge is 2.30. The van der Waals surface area contributed by atoms with Crippen molar-refractivity contribution in [2.24, 2.45) is 0 Å². The number of thiophene rings is 1. The fourth-order valence-electron chi connectivity index (χ4n) is 3.66. The standard InChI is InChI=1S/C17H22N4O3S2/c1-12-10-20(11-13-9-18-19-17(12)13)15(22)8-14-4-5-16(25-14)26(23,24)21-6-2-3-7-21/h4-5,9,12H,2-3,6-8,10-11H2,1H3,(H,18,19). The lowest BCUT2D eigenvalue weighted by molar-refractivity contribution is -0.131. The lowest BCUT2D eigenvalue weighted by Crippen LogP contribution is -2.38. The molecule has 0 spiro atoms. The summed E-state index contributed by atoms with van der Waals surface area (Å²) in [6.07, 6.45) is 3.84. The number of sulfonamides is 1. The molecule has 9 heteroatoms. The molecule has 1 fully saturated rings. The Balaban J connectivity index is 1.45. The molecule has 2 aromatic heterocycles. The van der Waals surface area contributed by atoms with E-state index >= 15 is 0 Å². The number of carbonyl (C=O) groups excluding carboxylic acids is 1. The van der Waals surface area contributed by atoms with Gasteiger partial charge in [-0.3, -0.25) is 9.89 Å². The van der Waals surface area contributed by atoms with Gasteiger partial charge < -0.3 is 4.90 Å². The third-order valence-electron chi connectivity index (χ3n) is 5.07. The monoisotopic (exact) mass is 394 g/mol. The van der Waals surface area contributed by atoms with Gasteiger partial charge in [-0.15, -0.1) is 11.3 Å². The second-order valence-corrected chi connectivity index (χ2v) is 10.3. The van der Waals surface area contributed by atoms with Crippen LogP contribution in [0.25, 0.3) is 0 Å². The van der Waals surface area contributed by atoms with Crippen molar-refractivity contribution in [2.45, 2.75) is 42.9 Å². The van der Waals surface area contributed by atoms with E-state index in [9.17, 15) is 13.2 Å². The van der Waals surface area contributed by atoms with Gasteiger partial charge in [0, 0.05) is 48.2 Å². The Morgan fingerprint density at radius 2 is 2.12 bits per heavy atom. The number of H-pyrrole nitrogens is 1. The largest absolute Gasteiger partial charge is 0.337 e. The highest BCUT2D eigenvalue weighted by atomic mass is 32.2. The van der Waals surface area contributed by atoms with Crippen molar-refractivity contribution in [3.63, 3.8) is 0 Å². The molecule has 2 aliphatic heterocycles. The molecule has 0 saturated carbocycles. The lowest BCUT2D eigenvalue weighted by Gasteiger charge is -2.30. The van der Waals surface area contributed by atoms with Crippen LogP contribution in [0.2, 0.25) is 0 Å². The molecule has 7 nitrogen and oxygen atoms in total. The topological polar surface area (TPSA) is 86.4 Å². The van der Waals surface area contributed by atoms with Gasteiger partial charge in [-0.25, -0.2) is 8.42 Å². The van der Waals surface area contributed by atoms with Crippen molar-refractivity contribution in [1.82, 2.24) is 19.4 Å². The Kier molecular flexibility index (Phi) is 4.62. The Morgan fingerprint density at radius 3 is 2.88 bits per heavy atom. The molecule has 1 N–H and O–H groups in total. The van der Waals surface area contributed by atoms with E-state index in [0.29, 0.717) is 30.4 Å². The van der Waals surface area contributed by atoms with Crippen LogP contribution in [0.1, 0.15) is 41.8 Å². The van der Waals surface area contributed by atoms with Crippen LogP contribution in [-0.4, -0.2) is 53.4 Å². The highest BCUT2D eigenvalue weighted by molar-refractivity contribution is 7.91. The molecule has 2 aliphatic rings. The van der Waals surface area contributed by atoms with Gasteiger partial charge >= 0.3 is 0 Å². The summed E-state index contributed by atoms with van der Waals surface area (Å²) in [5, 5.41) is 7.07. The number of carbonyl (C=O) groups is 1. The van der Waals surface area contributed by atoms with Crippen LogP contribution in [-0.2, 0) is 27.8 Å². The maximum atomic E-state index is 12.7. The molecule has 140 valence electrons. The first-order chi connectivity index (χ1) is 12.4. The van der Waals surface area contributed by atoms with Gasteiger partial charge in [0.25, 0.3) is 10.0 Å². The molecule has 4 rings (SSSR count). The van der Waals surface area contributed by atoms with Crippen LogP contribution in [0.5, 0.6) is 0 Å². The number of aromatic nitrogens is 2. The number of nitrogens with zero attached hydrogens (tertiary/aromatic N) is 3. The van der Waals surface area contributed by atoms with Crippen LogP contribution in [0.4, 0.5) is 0 Å². The molecule has 26 heavy (non-hydrogen) atoms. The number of rotatable bonds is 4. The zero-order valence-corrected chi connectivity index (χ0v) is 16.3. The minimum absolute atomic E-state index is 0.0238. The Morgan fingerprint density at radius 1 is 1.35 bits per heavy atom. The molecule has 0 radical (unpaired) electrons. The van der Waals surface area contributed by atoms with Gasteiger partial charge in [0.05, 0.1) is 12.6 Å². The molecular weight excluding hydrogens is 372 g/mol. The predicted octanol–water partition coefficient (Wildman–Crippen LogP) is 1.94. The molecule has 1 amide bonds. The van der Waals surface area contributed by atoms with E-state index in [-0.39, 0.29) is 18.2 Å². The molecule has 2 aromatic rings. The SMILES string of the molecule is CC1CN(C(=O)Cc2ccc(S(=O)(=O)N3CCCC3)s2)Cc2cn[nH]c21. The fourth-order valence-corrected chi connectivity index (χ4v) is 6.68. The maximum Gasteiger partial charge on any atom is 0.252 e. The van der Waals surface area contributed by atoms with Crippen molar-refractivity contribution in [3.05, 3.63) is 34.5 Å². The number of nitrogens with one attached hydrogen (secondary N) is 1. The van der Waals surface area contributed by atoms with Crippen LogP contribution in [0.3, 0.4) is 0 Å². The van der Waals surface area contributed by atoms with E-state index in [0.717, 1.165) is 29.0 Å². The number of fused-ring (bicyclic) bond motifs is 1. The van der Waals surface area contributed by atoms with Crippen LogP contribution in [0, 0.1) is 0 Å². The molecule has 1 atom stereocenters. The summed E-state index contributed by atoms with van der Waals surface area (Å²) in [6.45, 7) is 4.46. The summed E-state index contributed by atoms with van der Waals surface area (Å²) >= 11 is 1.21. The summed E-state index contributed by atoms with van der Waals surface area (Å²) in [6, 6.07) is 3.40. The molecule has 1 unspecified atom stereocenters. The number of hydrogen-bond acceptors (Lipinski definition) is 5. The Hall–Kier alpha value is -1.71. The normalized spacial score (nSPS) is 21.1. The zero-order chi connectivity index (χ0) is 18.3. The average Bonchev–Trinajstić information content (AvgIpc) is 3.35. The van der Waals surface area contributed by atoms with Crippen molar-refractivity contribution >= 4 is 27.3 Å². The van der Waals surface area contributed by atoms with Gasteiger partial charge in [0.15, 0.2) is 0 Å². The first-order valence-electron chi connectivity index (χ1n) is 8.84. The Labute approximate surface area is 157 Å². The summed E-state index contributed by atoms with van der Waals surface area (Å²) in [5.41, 5.74) is 2.16. The van der Waals surface area contributed by atoms with E-state index in [2.05, 4.69) is 17.1 Å². The predicted molar refractivity (Wildman–Crippen MR) is 98.4 cm³/mol. The average molecular weight is 395 g/mol. The van der Waals surface area contributed by atoms with Crippen LogP contribution in [0.15, 0.2) is 22.5 Å². The summed E-state index contributed by atoms with van der Waals surface area (Å²) in [7, 11) is -3.41. The smallest absolute Gasteiger partial charge is 0.252 e. The van der Waals surface area contributed by atoms with Gasteiger partial charge in [0.2, 0.25) is 5.91 Å². The quantitative estimate of drug-likeness (QED) is 0.859. The molecule has 0 aromatic carbocycles. The van der Waals surface area contributed by atoms with Gasteiger partial charge in [-0.1, -0.05) is 6.92 Å².